The summed E-state index contributed by atoms with van der Waals surface area (Å²) in [5, 5.41) is 7.37. The fourth-order valence-electron chi connectivity index (χ4n) is 1.65. The number of rotatable bonds is 4. The van der Waals surface area contributed by atoms with Crippen LogP contribution in [-0.2, 0) is 24.1 Å². The van der Waals surface area contributed by atoms with E-state index in [2.05, 4.69) is 10.4 Å². The molecule has 21 heavy (non-hydrogen) atoms. The molecule has 0 spiro atoms. The van der Waals surface area contributed by atoms with Crippen molar-refractivity contribution in [2.75, 3.05) is 0 Å². The quantitative estimate of drug-likeness (QED) is 0.931. The van der Waals surface area contributed by atoms with E-state index in [4.69, 9.17) is 11.6 Å². The van der Waals surface area contributed by atoms with Gasteiger partial charge in [-0.3, -0.25) is 9.48 Å². The summed E-state index contributed by atoms with van der Waals surface area (Å²) in [6.45, 7) is 1.40. The summed E-state index contributed by atoms with van der Waals surface area (Å²) >= 11 is 7.08. The highest BCUT2D eigenvalue weighted by Gasteiger charge is 2.38. The van der Waals surface area contributed by atoms with E-state index in [1.54, 1.807) is 0 Å². The molecule has 1 N–H and O–H groups in total. The molecule has 0 aliphatic rings. The molecule has 9 heteroatoms. The zero-order valence-electron chi connectivity index (χ0n) is 10.9. The Morgan fingerprint density at radius 1 is 1.52 bits per heavy atom. The van der Waals surface area contributed by atoms with Gasteiger partial charge >= 0.3 is 6.18 Å². The molecule has 2 aromatic rings. The first-order valence-electron chi connectivity index (χ1n) is 5.88. The minimum Gasteiger partial charge on any atom is -0.350 e. The third-order valence-corrected chi connectivity index (χ3v) is 4.06. The average molecular weight is 338 g/mol. The number of carbonyl (C=O) groups is 1. The van der Waals surface area contributed by atoms with Gasteiger partial charge in [0, 0.05) is 4.88 Å². The molecule has 2 aromatic heterocycles. The van der Waals surface area contributed by atoms with Gasteiger partial charge in [0.1, 0.15) is 6.54 Å². The van der Waals surface area contributed by atoms with Crippen molar-refractivity contribution in [1.82, 2.24) is 15.1 Å². The molecule has 0 aromatic carbocycles. The van der Waals surface area contributed by atoms with Crippen LogP contribution in [0.4, 0.5) is 13.2 Å². The summed E-state index contributed by atoms with van der Waals surface area (Å²) < 4.78 is 38.9. The summed E-state index contributed by atoms with van der Waals surface area (Å²) in [4.78, 5) is 12.7. The Balaban J connectivity index is 2.04. The first-order chi connectivity index (χ1) is 9.79. The first-order valence-corrected chi connectivity index (χ1v) is 7.14. The topological polar surface area (TPSA) is 46.9 Å². The van der Waals surface area contributed by atoms with Gasteiger partial charge in [-0.1, -0.05) is 17.7 Å². The second-order valence-electron chi connectivity index (χ2n) is 4.26. The van der Waals surface area contributed by atoms with Gasteiger partial charge in [-0.2, -0.15) is 18.3 Å². The van der Waals surface area contributed by atoms with Crippen LogP contribution in [-0.4, -0.2) is 15.7 Å². The fraction of sp³-hybridized carbons (Fsp3) is 0.333. The Hall–Kier alpha value is -1.54. The Kier molecular flexibility index (Phi) is 4.58. The Morgan fingerprint density at radius 3 is 2.76 bits per heavy atom. The molecule has 0 aliphatic heterocycles. The maximum absolute atomic E-state index is 12.7. The molecule has 0 fully saturated rings. The van der Waals surface area contributed by atoms with E-state index >= 15 is 0 Å². The van der Waals surface area contributed by atoms with Crippen molar-refractivity contribution < 1.29 is 18.0 Å². The van der Waals surface area contributed by atoms with E-state index in [1.165, 1.54) is 18.3 Å². The largest absolute Gasteiger partial charge is 0.436 e. The van der Waals surface area contributed by atoms with Crippen LogP contribution in [0.15, 0.2) is 17.5 Å². The van der Waals surface area contributed by atoms with Crippen LogP contribution in [0.5, 0.6) is 0 Å². The van der Waals surface area contributed by atoms with Crippen molar-refractivity contribution in [1.29, 1.82) is 0 Å². The number of alkyl halides is 3. The lowest BCUT2D eigenvalue weighted by Gasteiger charge is -2.05. The molecule has 0 radical (unpaired) electrons. The number of thiophene rings is 1. The van der Waals surface area contributed by atoms with Crippen LogP contribution in [0.3, 0.4) is 0 Å². The molecule has 1 amide bonds. The standard InChI is InChI=1S/C12H11ClF3N3OS/c1-7-10(13)11(12(14,15)16)18-19(7)6-9(20)17-5-8-3-2-4-21-8/h2-4H,5-6H2,1H3,(H,17,20). The third-order valence-electron chi connectivity index (χ3n) is 2.74. The van der Waals surface area contributed by atoms with Crippen molar-refractivity contribution in [3.8, 4) is 0 Å². The molecule has 0 aliphatic carbocycles. The van der Waals surface area contributed by atoms with E-state index in [9.17, 15) is 18.0 Å². The summed E-state index contributed by atoms with van der Waals surface area (Å²) in [5.41, 5.74) is -1.07. The Bertz CT molecular complexity index is 637. The van der Waals surface area contributed by atoms with Gasteiger partial charge in [0.2, 0.25) is 5.91 Å². The highest BCUT2D eigenvalue weighted by atomic mass is 35.5. The highest BCUT2D eigenvalue weighted by molar-refractivity contribution is 7.09. The van der Waals surface area contributed by atoms with E-state index in [-0.39, 0.29) is 12.2 Å². The normalized spacial score (nSPS) is 11.7. The number of amides is 1. The van der Waals surface area contributed by atoms with Crippen molar-refractivity contribution >= 4 is 28.8 Å². The van der Waals surface area contributed by atoms with Crippen molar-refractivity contribution in [3.63, 3.8) is 0 Å². The van der Waals surface area contributed by atoms with Crippen LogP contribution in [0.1, 0.15) is 16.3 Å². The van der Waals surface area contributed by atoms with Gasteiger partial charge in [-0.25, -0.2) is 0 Å². The second kappa shape index (κ2) is 6.07. The van der Waals surface area contributed by atoms with Crippen LogP contribution in [0.2, 0.25) is 5.02 Å². The minimum absolute atomic E-state index is 0.107. The molecule has 0 bridgehead atoms. The number of aromatic nitrogens is 2. The lowest BCUT2D eigenvalue weighted by atomic mass is 10.3. The molecule has 0 saturated carbocycles. The lowest BCUT2D eigenvalue weighted by Crippen LogP contribution is -2.27. The van der Waals surface area contributed by atoms with Crippen LogP contribution < -0.4 is 5.32 Å². The molecule has 0 unspecified atom stereocenters. The molecule has 2 rings (SSSR count). The predicted octanol–water partition coefficient (Wildman–Crippen LogP) is 3.24. The summed E-state index contributed by atoms with van der Waals surface area (Å²) in [5.74, 6) is -0.431. The van der Waals surface area contributed by atoms with E-state index in [0.29, 0.717) is 6.54 Å². The van der Waals surface area contributed by atoms with Gasteiger partial charge in [0.15, 0.2) is 5.69 Å². The molecule has 2 heterocycles. The summed E-state index contributed by atoms with van der Waals surface area (Å²) in [6, 6.07) is 3.70. The van der Waals surface area contributed by atoms with E-state index in [0.717, 1.165) is 9.56 Å². The SMILES string of the molecule is Cc1c(Cl)c(C(F)(F)F)nn1CC(=O)NCc1cccs1. The zero-order valence-corrected chi connectivity index (χ0v) is 12.4. The zero-order chi connectivity index (χ0) is 15.6. The number of nitrogens with one attached hydrogen (secondary N) is 1. The number of hydrogen-bond donors (Lipinski definition) is 1. The molecular formula is C12H11ClF3N3OS. The van der Waals surface area contributed by atoms with Crippen LogP contribution >= 0.6 is 22.9 Å². The Labute approximate surface area is 127 Å². The van der Waals surface area contributed by atoms with E-state index < -0.39 is 22.8 Å². The summed E-state index contributed by atoms with van der Waals surface area (Å²) in [7, 11) is 0. The monoisotopic (exact) mass is 337 g/mol. The smallest absolute Gasteiger partial charge is 0.350 e. The van der Waals surface area contributed by atoms with Gasteiger partial charge in [-0.05, 0) is 18.4 Å². The molecule has 114 valence electrons. The lowest BCUT2D eigenvalue weighted by molar-refractivity contribution is -0.141. The summed E-state index contributed by atoms with van der Waals surface area (Å²) in [6.07, 6.45) is -4.64. The third kappa shape index (κ3) is 3.76. The Morgan fingerprint density at radius 2 is 2.24 bits per heavy atom. The van der Waals surface area contributed by atoms with Crippen molar-refractivity contribution in [2.24, 2.45) is 0 Å². The van der Waals surface area contributed by atoms with Gasteiger partial charge in [0.05, 0.1) is 17.3 Å². The van der Waals surface area contributed by atoms with E-state index in [1.807, 2.05) is 17.5 Å². The molecule has 0 atom stereocenters. The predicted molar refractivity (Wildman–Crippen MR) is 73.1 cm³/mol. The van der Waals surface area contributed by atoms with Crippen LogP contribution in [0, 0.1) is 6.92 Å². The highest BCUT2D eigenvalue weighted by Crippen LogP contribution is 2.35. The molecule has 4 nitrogen and oxygen atoms in total. The average Bonchev–Trinajstić information content (AvgIpc) is 2.99. The molecular weight excluding hydrogens is 327 g/mol. The van der Waals surface area contributed by atoms with Gasteiger partial charge < -0.3 is 5.32 Å². The van der Waals surface area contributed by atoms with Gasteiger partial charge in [0.25, 0.3) is 0 Å². The van der Waals surface area contributed by atoms with Crippen LogP contribution in [0.25, 0.3) is 0 Å². The fourth-order valence-corrected chi connectivity index (χ4v) is 2.54. The number of nitrogens with zero attached hydrogens (tertiary/aromatic N) is 2. The first kappa shape index (κ1) is 15.8. The number of carbonyl (C=O) groups excluding carboxylic acids is 1. The van der Waals surface area contributed by atoms with Crippen molar-refractivity contribution in [2.45, 2.75) is 26.2 Å². The number of hydrogen-bond acceptors (Lipinski definition) is 3. The maximum atomic E-state index is 12.7. The van der Waals surface area contributed by atoms with Gasteiger partial charge in [-0.15, -0.1) is 11.3 Å². The maximum Gasteiger partial charge on any atom is 0.436 e. The minimum atomic E-state index is -4.64. The second-order valence-corrected chi connectivity index (χ2v) is 5.67. The number of halogens is 4. The van der Waals surface area contributed by atoms with Crippen molar-refractivity contribution in [3.05, 3.63) is 38.8 Å². The molecule has 0 saturated heterocycles.